The summed E-state index contributed by atoms with van der Waals surface area (Å²) in [6, 6.07) is 1.36. The zero-order valence-electron chi connectivity index (χ0n) is 10.5. The van der Waals surface area contributed by atoms with E-state index in [-0.39, 0.29) is 11.3 Å². The number of nitro groups is 1. The second-order valence-electron chi connectivity index (χ2n) is 4.02. The van der Waals surface area contributed by atoms with Gasteiger partial charge in [0.1, 0.15) is 5.82 Å². The van der Waals surface area contributed by atoms with Crippen molar-refractivity contribution in [1.29, 1.82) is 0 Å². The number of oxazole rings is 1. The summed E-state index contributed by atoms with van der Waals surface area (Å²) >= 11 is 0. The Labute approximate surface area is 112 Å². The van der Waals surface area contributed by atoms with Gasteiger partial charge in [-0.1, -0.05) is 0 Å². The maximum atomic E-state index is 13.9. The third kappa shape index (κ3) is 2.80. The van der Waals surface area contributed by atoms with E-state index in [1.54, 1.807) is 7.05 Å². The number of aromatic nitrogens is 1. The van der Waals surface area contributed by atoms with E-state index >= 15 is 0 Å². The molecule has 106 valence electrons. The number of nitrogens with zero attached hydrogens (tertiary/aromatic N) is 2. The van der Waals surface area contributed by atoms with E-state index < -0.39 is 22.2 Å². The second-order valence-corrected chi connectivity index (χ2v) is 4.02. The van der Waals surface area contributed by atoms with Gasteiger partial charge in [0.2, 0.25) is 5.82 Å². The molecule has 0 amide bonds. The van der Waals surface area contributed by atoms with E-state index in [9.17, 15) is 18.9 Å². The van der Waals surface area contributed by atoms with Crippen LogP contribution >= 0.6 is 0 Å². The molecule has 2 rings (SSSR count). The molecule has 0 aliphatic carbocycles. The lowest BCUT2D eigenvalue weighted by atomic mass is 10.1. The SMILES string of the molecule is CNCCc1ncc(-c2cc(F)cc([N+](=O)[O-])c2F)o1. The lowest BCUT2D eigenvalue weighted by Crippen LogP contribution is -2.10. The van der Waals surface area contributed by atoms with Crippen molar-refractivity contribution in [3.05, 3.63) is 46.0 Å². The minimum absolute atomic E-state index is 0.0452. The van der Waals surface area contributed by atoms with Gasteiger partial charge in [-0.05, 0) is 13.1 Å². The van der Waals surface area contributed by atoms with Gasteiger partial charge in [0.15, 0.2) is 11.7 Å². The Bertz CT molecular complexity index is 643. The van der Waals surface area contributed by atoms with Crippen LogP contribution in [0.3, 0.4) is 0 Å². The number of hydrogen-bond acceptors (Lipinski definition) is 5. The average Bonchev–Trinajstić information content (AvgIpc) is 2.87. The number of benzene rings is 1. The van der Waals surface area contributed by atoms with Crippen LogP contribution in [0.5, 0.6) is 0 Å². The molecule has 0 aliphatic heterocycles. The van der Waals surface area contributed by atoms with Gasteiger partial charge in [-0.25, -0.2) is 9.37 Å². The van der Waals surface area contributed by atoms with Crippen molar-refractivity contribution < 1.29 is 18.1 Å². The molecule has 0 saturated carbocycles. The normalized spacial score (nSPS) is 10.8. The second kappa shape index (κ2) is 5.74. The van der Waals surface area contributed by atoms with Crippen molar-refractivity contribution in [2.24, 2.45) is 0 Å². The van der Waals surface area contributed by atoms with E-state index in [4.69, 9.17) is 4.42 Å². The molecule has 1 heterocycles. The molecule has 1 aromatic heterocycles. The lowest BCUT2D eigenvalue weighted by molar-refractivity contribution is -0.387. The highest BCUT2D eigenvalue weighted by Crippen LogP contribution is 2.30. The molecular formula is C12H11F2N3O3. The summed E-state index contributed by atoms with van der Waals surface area (Å²) in [6.07, 6.45) is 1.68. The summed E-state index contributed by atoms with van der Waals surface area (Å²) in [6.45, 7) is 0.603. The molecule has 0 unspecified atom stereocenters. The fourth-order valence-corrected chi connectivity index (χ4v) is 1.67. The molecule has 0 bridgehead atoms. The number of halogens is 2. The van der Waals surface area contributed by atoms with Gasteiger partial charge in [0, 0.05) is 13.0 Å². The Balaban J connectivity index is 2.42. The highest BCUT2D eigenvalue weighted by Gasteiger charge is 2.23. The van der Waals surface area contributed by atoms with Crippen LogP contribution in [0.4, 0.5) is 14.5 Å². The average molecular weight is 283 g/mol. The summed E-state index contributed by atoms with van der Waals surface area (Å²) in [5.41, 5.74) is -1.26. The molecule has 0 aliphatic rings. The Hall–Kier alpha value is -2.35. The molecule has 0 radical (unpaired) electrons. The molecule has 6 nitrogen and oxygen atoms in total. The van der Waals surface area contributed by atoms with Crippen molar-refractivity contribution >= 4 is 5.69 Å². The van der Waals surface area contributed by atoms with Crippen LogP contribution < -0.4 is 5.32 Å². The first kappa shape index (κ1) is 14.1. The van der Waals surface area contributed by atoms with Gasteiger partial charge in [-0.15, -0.1) is 0 Å². The molecule has 1 N–H and O–H groups in total. The number of hydrogen-bond donors (Lipinski definition) is 1. The quantitative estimate of drug-likeness (QED) is 0.672. The highest BCUT2D eigenvalue weighted by molar-refractivity contribution is 5.62. The molecule has 0 atom stereocenters. The summed E-state index contributed by atoms with van der Waals surface area (Å²) in [4.78, 5) is 13.6. The lowest BCUT2D eigenvalue weighted by Gasteiger charge is -2.01. The largest absolute Gasteiger partial charge is 0.441 e. The van der Waals surface area contributed by atoms with Crippen molar-refractivity contribution in [2.45, 2.75) is 6.42 Å². The van der Waals surface area contributed by atoms with Crippen LogP contribution in [0.2, 0.25) is 0 Å². The third-order valence-electron chi connectivity index (χ3n) is 2.62. The van der Waals surface area contributed by atoms with E-state index in [0.29, 0.717) is 24.9 Å². The van der Waals surface area contributed by atoms with Gasteiger partial charge in [0.25, 0.3) is 0 Å². The number of likely N-dealkylation sites (N-methyl/N-ethyl adjacent to an activating group) is 1. The van der Waals surface area contributed by atoms with Gasteiger partial charge in [-0.2, -0.15) is 4.39 Å². The molecule has 0 saturated heterocycles. The maximum absolute atomic E-state index is 13.9. The first-order valence-electron chi connectivity index (χ1n) is 5.76. The standard InChI is InChI=1S/C12H11F2N3O3/c1-15-3-2-11-16-6-10(20-11)8-4-7(13)5-9(12(8)14)17(18)19/h4-6,15H,2-3H2,1H3. The molecular weight excluding hydrogens is 272 g/mol. The molecule has 1 aromatic carbocycles. The fraction of sp³-hybridized carbons (Fsp3) is 0.250. The Morgan fingerprint density at radius 2 is 2.20 bits per heavy atom. The van der Waals surface area contributed by atoms with Crippen LogP contribution in [0.15, 0.2) is 22.7 Å². The molecule has 20 heavy (non-hydrogen) atoms. The summed E-state index contributed by atoms with van der Waals surface area (Å²) in [5, 5.41) is 13.5. The van der Waals surface area contributed by atoms with Crippen LogP contribution in [-0.2, 0) is 6.42 Å². The first-order valence-corrected chi connectivity index (χ1v) is 5.76. The smallest absolute Gasteiger partial charge is 0.308 e. The predicted octanol–water partition coefficient (Wildman–Crippen LogP) is 2.29. The van der Waals surface area contributed by atoms with Crippen molar-refractivity contribution in [3.63, 3.8) is 0 Å². The Morgan fingerprint density at radius 1 is 1.45 bits per heavy atom. The van der Waals surface area contributed by atoms with Crippen LogP contribution in [0, 0.1) is 21.7 Å². The van der Waals surface area contributed by atoms with E-state index in [1.807, 2.05) is 0 Å². The molecule has 2 aromatic rings. The van der Waals surface area contributed by atoms with Gasteiger partial charge < -0.3 is 9.73 Å². The maximum Gasteiger partial charge on any atom is 0.308 e. The first-order chi connectivity index (χ1) is 9.52. The minimum atomic E-state index is -1.15. The Morgan fingerprint density at radius 3 is 2.85 bits per heavy atom. The summed E-state index contributed by atoms with van der Waals surface area (Å²) in [5.74, 6) is -1.77. The zero-order valence-corrected chi connectivity index (χ0v) is 10.5. The molecule has 0 fully saturated rings. The Kier molecular flexibility index (Phi) is 4.04. The van der Waals surface area contributed by atoms with Gasteiger partial charge >= 0.3 is 5.69 Å². The van der Waals surface area contributed by atoms with Crippen molar-refractivity contribution in [3.8, 4) is 11.3 Å². The zero-order chi connectivity index (χ0) is 14.7. The third-order valence-corrected chi connectivity index (χ3v) is 2.62. The predicted molar refractivity (Wildman–Crippen MR) is 66.1 cm³/mol. The monoisotopic (exact) mass is 283 g/mol. The van der Waals surface area contributed by atoms with E-state index in [2.05, 4.69) is 10.3 Å². The summed E-state index contributed by atoms with van der Waals surface area (Å²) < 4.78 is 32.5. The molecule has 0 spiro atoms. The van der Waals surface area contributed by atoms with Crippen molar-refractivity contribution in [2.75, 3.05) is 13.6 Å². The highest BCUT2D eigenvalue weighted by atomic mass is 19.1. The van der Waals surface area contributed by atoms with Crippen LogP contribution in [-0.4, -0.2) is 23.5 Å². The topological polar surface area (TPSA) is 81.2 Å². The van der Waals surface area contributed by atoms with Gasteiger partial charge in [0.05, 0.1) is 22.7 Å². The van der Waals surface area contributed by atoms with Crippen LogP contribution in [0.1, 0.15) is 5.89 Å². The fourth-order valence-electron chi connectivity index (χ4n) is 1.67. The van der Waals surface area contributed by atoms with Crippen molar-refractivity contribution in [1.82, 2.24) is 10.3 Å². The summed E-state index contributed by atoms with van der Waals surface area (Å²) in [7, 11) is 1.75. The number of nitrogens with one attached hydrogen (secondary N) is 1. The van der Waals surface area contributed by atoms with Gasteiger partial charge in [-0.3, -0.25) is 10.1 Å². The van der Waals surface area contributed by atoms with E-state index in [0.717, 1.165) is 6.07 Å². The van der Waals surface area contributed by atoms with Crippen LogP contribution in [0.25, 0.3) is 11.3 Å². The molecule has 8 heteroatoms. The number of nitro benzene ring substituents is 1. The number of rotatable bonds is 5. The minimum Gasteiger partial charge on any atom is -0.441 e. The van der Waals surface area contributed by atoms with E-state index in [1.165, 1.54) is 6.20 Å².